The van der Waals surface area contributed by atoms with Crippen LogP contribution >= 0.6 is 0 Å². The van der Waals surface area contributed by atoms with Gasteiger partial charge >= 0.3 is 0 Å². The van der Waals surface area contributed by atoms with Crippen LogP contribution in [0, 0.1) is 5.92 Å². The van der Waals surface area contributed by atoms with Crippen LogP contribution in [0.3, 0.4) is 0 Å². The van der Waals surface area contributed by atoms with E-state index in [0.29, 0.717) is 24.0 Å². The number of nitrogens with zero attached hydrogens (tertiary/aromatic N) is 1. The molecule has 24 heavy (non-hydrogen) atoms. The molecule has 1 aliphatic heterocycles. The molecule has 1 N–H and O–H groups in total. The van der Waals surface area contributed by atoms with Crippen LogP contribution in [0.5, 0.6) is 11.5 Å². The highest BCUT2D eigenvalue weighted by Crippen LogP contribution is 2.57. The van der Waals surface area contributed by atoms with Gasteiger partial charge in [-0.15, -0.1) is 0 Å². The van der Waals surface area contributed by atoms with Crippen molar-refractivity contribution < 1.29 is 19.4 Å². The van der Waals surface area contributed by atoms with Gasteiger partial charge in [0.05, 0.1) is 14.2 Å². The summed E-state index contributed by atoms with van der Waals surface area (Å²) in [4.78, 5) is 14.8. The summed E-state index contributed by atoms with van der Waals surface area (Å²) in [6.07, 6.45) is 4.14. The Kier molecular flexibility index (Phi) is 3.39. The molecule has 5 nitrogen and oxygen atoms in total. The first-order valence-corrected chi connectivity index (χ1v) is 8.41. The van der Waals surface area contributed by atoms with E-state index in [2.05, 4.69) is 18.0 Å². The molecule has 5 heteroatoms. The van der Waals surface area contributed by atoms with E-state index in [4.69, 9.17) is 9.47 Å². The Morgan fingerprint density at radius 2 is 2.04 bits per heavy atom. The van der Waals surface area contributed by atoms with Crippen molar-refractivity contribution in [3.63, 3.8) is 0 Å². The average Bonchev–Trinajstić information content (AvgIpc) is 2.58. The molecule has 0 saturated carbocycles. The predicted molar refractivity (Wildman–Crippen MR) is 89.3 cm³/mol. The number of aromatic hydroxyl groups is 1. The fourth-order valence-corrected chi connectivity index (χ4v) is 5.02. The molecule has 3 aliphatic rings. The number of Topliss-reactive ketones (excluding diaryl/α,β-unsaturated/α-hetero) is 1. The molecule has 2 aliphatic carbocycles. The molecule has 128 valence electrons. The minimum Gasteiger partial charge on any atom is -0.504 e. The average molecular weight is 329 g/mol. The van der Waals surface area contributed by atoms with Crippen molar-refractivity contribution in [2.24, 2.45) is 5.92 Å². The monoisotopic (exact) mass is 329 g/mol. The van der Waals surface area contributed by atoms with Crippen LogP contribution < -0.4 is 4.74 Å². The van der Waals surface area contributed by atoms with Crippen LogP contribution in [0.25, 0.3) is 0 Å². The number of likely N-dealkylation sites (N-methyl/N-ethyl adjacent to an activating group) is 1. The number of piperidine rings is 1. The van der Waals surface area contributed by atoms with Crippen molar-refractivity contribution in [2.45, 2.75) is 30.7 Å². The highest BCUT2D eigenvalue weighted by molar-refractivity contribution is 5.95. The van der Waals surface area contributed by atoms with Gasteiger partial charge in [0.25, 0.3) is 0 Å². The number of rotatable bonds is 2. The molecule has 1 saturated heterocycles. The number of carbonyl (C=O) groups excluding carboxylic acids is 1. The van der Waals surface area contributed by atoms with Crippen molar-refractivity contribution in [1.29, 1.82) is 0 Å². The third-order valence-electron chi connectivity index (χ3n) is 6.20. The lowest BCUT2D eigenvalue weighted by molar-refractivity contribution is -0.122. The molecule has 1 unspecified atom stereocenters. The summed E-state index contributed by atoms with van der Waals surface area (Å²) in [6.45, 7) is 0.930. The first kappa shape index (κ1) is 15.5. The fourth-order valence-electron chi connectivity index (χ4n) is 5.02. The Bertz CT molecular complexity index is 741. The molecule has 1 aromatic rings. The summed E-state index contributed by atoms with van der Waals surface area (Å²) in [6, 6.07) is 4.18. The quantitative estimate of drug-likeness (QED) is 0.899. The Morgan fingerprint density at radius 3 is 2.75 bits per heavy atom. The number of fused-ring (bicyclic) bond motifs is 1. The van der Waals surface area contributed by atoms with Gasteiger partial charge in [0, 0.05) is 23.4 Å². The SMILES string of the molecule is COC1=C[C@@]23CCN(C)[C@@H](Cc4ccc(OC)c(O)c42)C3CC1=O. The molecule has 2 bridgehead atoms. The number of likely N-dealkylation sites (tertiary alicyclic amines) is 1. The molecule has 1 aromatic carbocycles. The van der Waals surface area contributed by atoms with Crippen molar-refractivity contribution in [1.82, 2.24) is 4.90 Å². The van der Waals surface area contributed by atoms with E-state index in [1.807, 2.05) is 12.1 Å². The maximum Gasteiger partial charge on any atom is 0.197 e. The smallest absolute Gasteiger partial charge is 0.197 e. The Balaban J connectivity index is 2.00. The number of carbonyl (C=O) groups is 1. The summed E-state index contributed by atoms with van der Waals surface area (Å²) in [7, 11) is 5.24. The molecule has 0 spiro atoms. The van der Waals surface area contributed by atoms with Crippen LogP contribution in [0.4, 0.5) is 0 Å². The van der Waals surface area contributed by atoms with E-state index >= 15 is 0 Å². The summed E-state index contributed by atoms with van der Waals surface area (Å²) < 4.78 is 10.7. The van der Waals surface area contributed by atoms with Gasteiger partial charge < -0.3 is 19.5 Å². The number of ether oxygens (including phenoxy) is 2. The Morgan fingerprint density at radius 1 is 1.25 bits per heavy atom. The zero-order valence-corrected chi connectivity index (χ0v) is 14.3. The second-order valence-corrected chi connectivity index (χ2v) is 7.14. The summed E-state index contributed by atoms with van der Waals surface area (Å²) in [5.41, 5.74) is 1.71. The fraction of sp³-hybridized carbons (Fsp3) is 0.526. The first-order chi connectivity index (χ1) is 11.5. The molecule has 0 radical (unpaired) electrons. The lowest BCUT2D eigenvalue weighted by Gasteiger charge is -2.56. The third kappa shape index (κ3) is 1.88. The van der Waals surface area contributed by atoms with E-state index in [1.165, 1.54) is 0 Å². The lowest BCUT2D eigenvalue weighted by atomic mass is 9.54. The van der Waals surface area contributed by atoms with E-state index < -0.39 is 0 Å². The number of phenols is 1. The topological polar surface area (TPSA) is 59.0 Å². The minimum atomic E-state index is -0.358. The molecule has 0 amide bonds. The number of ketones is 1. The Hall–Kier alpha value is -2.01. The van der Waals surface area contributed by atoms with Crippen LogP contribution in [-0.4, -0.2) is 49.6 Å². The zero-order chi connectivity index (χ0) is 17.1. The van der Waals surface area contributed by atoms with Crippen LogP contribution in [0.2, 0.25) is 0 Å². The van der Waals surface area contributed by atoms with Gasteiger partial charge in [-0.1, -0.05) is 6.07 Å². The molecular formula is C19H23NO4. The first-order valence-electron chi connectivity index (χ1n) is 8.41. The van der Waals surface area contributed by atoms with Gasteiger partial charge in [0.2, 0.25) is 0 Å². The summed E-state index contributed by atoms with van der Waals surface area (Å²) in [5.74, 6) is 1.34. The normalized spacial score (nSPS) is 31.8. The minimum absolute atomic E-state index is 0.0595. The highest BCUT2D eigenvalue weighted by Gasteiger charge is 2.56. The second kappa shape index (κ2) is 5.24. The van der Waals surface area contributed by atoms with Crippen LogP contribution in [0.15, 0.2) is 24.0 Å². The van der Waals surface area contributed by atoms with Gasteiger partial charge in [-0.2, -0.15) is 0 Å². The van der Waals surface area contributed by atoms with Crippen LogP contribution in [-0.2, 0) is 21.4 Å². The Labute approximate surface area is 141 Å². The summed E-state index contributed by atoms with van der Waals surface area (Å²) >= 11 is 0. The maximum absolute atomic E-state index is 12.4. The van der Waals surface area contributed by atoms with Gasteiger partial charge in [-0.25, -0.2) is 0 Å². The van der Waals surface area contributed by atoms with Crippen molar-refractivity contribution >= 4 is 5.78 Å². The summed E-state index contributed by atoms with van der Waals surface area (Å²) in [5, 5.41) is 10.9. The molecule has 0 aromatic heterocycles. The largest absolute Gasteiger partial charge is 0.504 e. The molecule has 1 heterocycles. The van der Waals surface area contributed by atoms with Gasteiger partial charge in [-0.05, 0) is 50.1 Å². The van der Waals surface area contributed by atoms with Gasteiger partial charge in [0.15, 0.2) is 23.0 Å². The van der Waals surface area contributed by atoms with Crippen molar-refractivity contribution in [2.75, 3.05) is 27.8 Å². The second-order valence-electron chi connectivity index (χ2n) is 7.14. The number of hydrogen-bond acceptors (Lipinski definition) is 5. The zero-order valence-electron chi connectivity index (χ0n) is 14.3. The maximum atomic E-state index is 12.4. The number of methoxy groups -OCH3 is 2. The molecule has 1 fully saturated rings. The molecule has 3 atom stereocenters. The molecule has 4 rings (SSSR count). The third-order valence-corrected chi connectivity index (χ3v) is 6.20. The molecular weight excluding hydrogens is 306 g/mol. The number of allylic oxidation sites excluding steroid dienone is 2. The van der Waals surface area contributed by atoms with Crippen molar-refractivity contribution in [3.8, 4) is 11.5 Å². The number of phenolic OH excluding ortho intramolecular Hbond substituents is 1. The van der Waals surface area contributed by atoms with Gasteiger partial charge in [-0.3, -0.25) is 4.79 Å². The van der Waals surface area contributed by atoms with E-state index in [0.717, 1.165) is 30.5 Å². The van der Waals surface area contributed by atoms with E-state index in [1.54, 1.807) is 14.2 Å². The van der Waals surface area contributed by atoms with E-state index in [9.17, 15) is 9.90 Å². The predicted octanol–water partition coefficient (Wildman–Crippen LogP) is 2.02. The standard InChI is InChI=1S/C19H23NO4/c1-20-7-6-19-10-16(24-3)14(21)9-12(19)13(20)8-11-4-5-15(23-2)18(22)17(11)19/h4-5,10,12-13,22H,6-9H2,1-3H3/t12?,13-,19+/m0/s1. The van der Waals surface area contributed by atoms with Crippen molar-refractivity contribution in [3.05, 3.63) is 35.1 Å². The lowest BCUT2D eigenvalue weighted by Crippen LogP contribution is -2.60. The van der Waals surface area contributed by atoms with Crippen LogP contribution in [0.1, 0.15) is 24.0 Å². The number of hydrogen-bond donors (Lipinski definition) is 1. The number of benzene rings is 1. The van der Waals surface area contributed by atoms with E-state index in [-0.39, 0.29) is 22.9 Å². The highest BCUT2D eigenvalue weighted by atomic mass is 16.5. The van der Waals surface area contributed by atoms with Gasteiger partial charge in [0.1, 0.15) is 0 Å².